The molecule has 0 aliphatic carbocycles. The van der Waals surface area contributed by atoms with E-state index >= 15 is 0 Å². The Morgan fingerprint density at radius 2 is 2.17 bits per heavy atom. The van der Waals surface area contributed by atoms with Crippen LogP contribution in [0.2, 0.25) is 0 Å². The van der Waals surface area contributed by atoms with E-state index in [4.69, 9.17) is 5.73 Å². The van der Waals surface area contributed by atoms with Crippen LogP contribution in [0.1, 0.15) is 37.8 Å². The van der Waals surface area contributed by atoms with E-state index in [-0.39, 0.29) is 30.9 Å². The quantitative estimate of drug-likeness (QED) is 0.718. The molecule has 1 aromatic carbocycles. The molecular formula is C17H24FN3O2. The summed E-state index contributed by atoms with van der Waals surface area (Å²) in [5.41, 5.74) is 6.53. The molecule has 0 radical (unpaired) electrons. The van der Waals surface area contributed by atoms with Crippen molar-refractivity contribution in [2.24, 2.45) is 17.6 Å². The van der Waals surface area contributed by atoms with E-state index in [1.54, 1.807) is 12.1 Å². The van der Waals surface area contributed by atoms with E-state index in [0.29, 0.717) is 23.5 Å². The number of amides is 2. The number of halogens is 1. The van der Waals surface area contributed by atoms with Crippen LogP contribution in [-0.2, 0) is 22.7 Å². The second kappa shape index (κ2) is 7.55. The minimum Gasteiger partial charge on any atom is -0.352 e. The Labute approximate surface area is 135 Å². The number of piperidine rings is 1. The van der Waals surface area contributed by atoms with Crippen molar-refractivity contribution < 1.29 is 14.0 Å². The van der Waals surface area contributed by atoms with Crippen LogP contribution < -0.4 is 16.4 Å². The lowest BCUT2D eigenvalue weighted by molar-refractivity contribution is -0.138. The summed E-state index contributed by atoms with van der Waals surface area (Å²) in [6, 6.07) is 4.81. The SMILES string of the molecule is CC(C)C1CCC(C(=O)NCc2ccc(CN)cc2F)C(=O)N1. The third kappa shape index (κ3) is 4.28. The van der Waals surface area contributed by atoms with Gasteiger partial charge in [0.15, 0.2) is 0 Å². The molecule has 1 aromatic rings. The summed E-state index contributed by atoms with van der Waals surface area (Å²) in [4.78, 5) is 24.2. The molecule has 0 saturated carbocycles. The van der Waals surface area contributed by atoms with Gasteiger partial charge >= 0.3 is 0 Å². The Morgan fingerprint density at radius 1 is 1.43 bits per heavy atom. The fourth-order valence-electron chi connectivity index (χ4n) is 2.75. The third-order valence-corrected chi connectivity index (χ3v) is 4.34. The van der Waals surface area contributed by atoms with Crippen LogP contribution in [0.25, 0.3) is 0 Å². The number of nitrogens with two attached hydrogens (primary N) is 1. The van der Waals surface area contributed by atoms with Gasteiger partial charge in [0.2, 0.25) is 11.8 Å². The van der Waals surface area contributed by atoms with E-state index in [9.17, 15) is 14.0 Å². The summed E-state index contributed by atoms with van der Waals surface area (Å²) in [6.45, 7) is 4.41. The predicted molar refractivity (Wildman–Crippen MR) is 85.6 cm³/mol. The highest BCUT2D eigenvalue weighted by molar-refractivity contribution is 6.00. The number of carbonyl (C=O) groups excluding carboxylic acids is 2. The van der Waals surface area contributed by atoms with Crippen LogP contribution in [0.5, 0.6) is 0 Å². The van der Waals surface area contributed by atoms with Gasteiger partial charge in [-0.25, -0.2) is 4.39 Å². The van der Waals surface area contributed by atoms with Gasteiger partial charge in [-0.3, -0.25) is 9.59 Å². The largest absolute Gasteiger partial charge is 0.352 e. The van der Waals surface area contributed by atoms with Crippen LogP contribution in [0, 0.1) is 17.7 Å². The van der Waals surface area contributed by atoms with Gasteiger partial charge in [-0.05, 0) is 30.4 Å². The first kappa shape index (κ1) is 17.4. The van der Waals surface area contributed by atoms with E-state index in [0.717, 1.165) is 6.42 Å². The highest BCUT2D eigenvalue weighted by Gasteiger charge is 2.33. The molecule has 1 aliphatic heterocycles. The number of hydrogen-bond donors (Lipinski definition) is 3. The van der Waals surface area contributed by atoms with Crippen molar-refractivity contribution in [2.45, 2.75) is 45.8 Å². The molecule has 2 atom stereocenters. The standard InChI is InChI=1S/C17H24FN3O2/c1-10(2)15-6-5-13(17(23)21-15)16(22)20-9-12-4-3-11(8-19)7-14(12)18/h3-4,7,10,13,15H,5-6,8-9,19H2,1-2H3,(H,20,22)(H,21,23). The van der Waals surface area contributed by atoms with Gasteiger partial charge in [0.1, 0.15) is 11.7 Å². The van der Waals surface area contributed by atoms with Gasteiger partial charge < -0.3 is 16.4 Å². The van der Waals surface area contributed by atoms with Crippen molar-refractivity contribution in [2.75, 3.05) is 0 Å². The van der Waals surface area contributed by atoms with Crippen LogP contribution in [0.15, 0.2) is 18.2 Å². The van der Waals surface area contributed by atoms with E-state index in [1.165, 1.54) is 6.07 Å². The summed E-state index contributed by atoms with van der Waals surface area (Å²) in [6.07, 6.45) is 1.30. The summed E-state index contributed by atoms with van der Waals surface area (Å²) < 4.78 is 13.9. The summed E-state index contributed by atoms with van der Waals surface area (Å²) >= 11 is 0. The number of rotatable bonds is 5. The van der Waals surface area contributed by atoms with Crippen molar-refractivity contribution in [3.63, 3.8) is 0 Å². The minimum atomic E-state index is -0.698. The topological polar surface area (TPSA) is 84.2 Å². The average Bonchev–Trinajstić information content (AvgIpc) is 2.53. The number of hydrogen-bond acceptors (Lipinski definition) is 3. The van der Waals surface area contributed by atoms with Crippen LogP contribution in [-0.4, -0.2) is 17.9 Å². The zero-order valence-electron chi connectivity index (χ0n) is 13.6. The van der Waals surface area contributed by atoms with Crippen LogP contribution in [0.4, 0.5) is 4.39 Å². The molecule has 2 rings (SSSR count). The van der Waals surface area contributed by atoms with Gasteiger partial charge in [-0.1, -0.05) is 26.0 Å². The molecule has 1 saturated heterocycles. The lowest BCUT2D eigenvalue weighted by Gasteiger charge is -2.30. The number of nitrogens with one attached hydrogen (secondary N) is 2. The second-order valence-electron chi connectivity index (χ2n) is 6.34. The molecule has 2 unspecified atom stereocenters. The normalized spacial score (nSPS) is 21.2. The molecule has 5 nitrogen and oxygen atoms in total. The van der Waals surface area contributed by atoms with E-state index in [2.05, 4.69) is 10.6 Å². The molecule has 0 aromatic heterocycles. The number of benzene rings is 1. The molecule has 4 N–H and O–H groups in total. The molecule has 1 fully saturated rings. The smallest absolute Gasteiger partial charge is 0.232 e. The van der Waals surface area contributed by atoms with Crippen molar-refractivity contribution >= 4 is 11.8 Å². The van der Waals surface area contributed by atoms with Gasteiger partial charge in [-0.15, -0.1) is 0 Å². The van der Waals surface area contributed by atoms with Crippen molar-refractivity contribution in [3.8, 4) is 0 Å². The Balaban J connectivity index is 1.91. The van der Waals surface area contributed by atoms with Crippen LogP contribution in [0.3, 0.4) is 0 Å². The zero-order valence-corrected chi connectivity index (χ0v) is 13.6. The Hall–Kier alpha value is -1.95. The first-order chi connectivity index (χ1) is 10.9. The average molecular weight is 321 g/mol. The molecule has 126 valence electrons. The second-order valence-corrected chi connectivity index (χ2v) is 6.34. The van der Waals surface area contributed by atoms with Crippen molar-refractivity contribution in [3.05, 3.63) is 35.1 Å². The molecular weight excluding hydrogens is 297 g/mol. The highest BCUT2D eigenvalue weighted by atomic mass is 19.1. The maximum Gasteiger partial charge on any atom is 0.232 e. The highest BCUT2D eigenvalue weighted by Crippen LogP contribution is 2.20. The van der Waals surface area contributed by atoms with E-state index < -0.39 is 11.7 Å². The van der Waals surface area contributed by atoms with Crippen LogP contribution >= 0.6 is 0 Å². The lowest BCUT2D eigenvalue weighted by Crippen LogP contribution is -2.51. The van der Waals surface area contributed by atoms with E-state index in [1.807, 2.05) is 13.8 Å². The maximum atomic E-state index is 13.9. The van der Waals surface area contributed by atoms with Gasteiger partial charge in [-0.2, -0.15) is 0 Å². The molecule has 2 amide bonds. The fraction of sp³-hybridized carbons (Fsp3) is 0.529. The summed E-state index contributed by atoms with van der Waals surface area (Å²) in [5.74, 6) is -1.35. The minimum absolute atomic E-state index is 0.0624. The maximum absolute atomic E-state index is 13.9. The Bertz CT molecular complexity index is 589. The molecule has 0 spiro atoms. The molecule has 23 heavy (non-hydrogen) atoms. The fourth-order valence-corrected chi connectivity index (χ4v) is 2.75. The molecule has 6 heteroatoms. The zero-order chi connectivity index (χ0) is 17.0. The summed E-state index contributed by atoms with van der Waals surface area (Å²) in [5, 5.41) is 5.53. The van der Waals surface area contributed by atoms with Gasteiger partial charge in [0.05, 0.1) is 0 Å². The van der Waals surface area contributed by atoms with Gasteiger partial charge in [0, 0.05) is 24.7 Å². The number of carbonyl (C=O) groups is 2. The Kier molecular flexibility index (Phi) is 5.71. The molecule has 1 aliphatic rings. The molecule has 0 bridgehead atoms. The van der Waals surface area contributed by atoms with Crippen molar-refractivity contribution in [1.29, 1.82) is 0 Å². The first-order valence-electron chi connectivity index (χ1n) is 7.97. The van der Waals surface area contributed by atoms with Gasteiger partial charge in [0.25, 0.3) is 0 Å². The lowest BCUT2D eigenvalue weighted by atomic mass is 9.88. The first-order valence-corrected chi connectivity index (χ1v) is 7.97. The Morgan fingerprint density at radius 3 is 2.74 bits per heavy atom. The molecule has 1 heterocycles. The predicted octanol–water partition coefficient (Wildman–Crippen LogP) is 1.45. The third-order valence-electron chi connectivity index (χ3n) is 4.34. The van der Waals surface area contributed by atoms with Crippen molar-refractivity contribution in [1.82, 2.24) is 10.6 Å². The summed E-state index contributed by atoms with van der Waals surface area (Å²) in [7, 11) is 0. The monoisotopic (exact) mass is 321 g/mol.